The van der Waals surface area contributed by atoms with Gasteiger partial charge < -0.3 is 19.7 Å². The Labute approximate surface area is 185 Å². The summed E-state index contributed by atoms with van der Waals surface area (Å²) in [4.78, 5) is 37.2. The lowest BCUT2D eigenvalue weighted by Crippen LogP contribution is -2.36. The van der Waals surface area contributed by atoms with Gasteiger partial charge in [-0.3, -0.25) is 9.59 Å². The van der Waals surface area contributed by atoms with Gasteiger partial charge in [-0.05, 0) is 60.6 Å². The van der Waals surface area contributed by atoms with E-state index in [1.165, 1.54) is 17.0 Å². The molecule has 0 aromatic heterocycles. The van der Waals surface area contributed by atoms with Crippen LogP contribution in [0.3, 0.4) is 0 Å². The van der Waals surface area contributed by atoms with Crippen LogP contribution < -0.4 is 9.80 Å². The molecule has 2 aromatic rings. The molecule has 1 amide bonds. The van der Waals surface area contributed by atoms with Crippen LogP contribution in [-0.2, 0) is 33.8 Å². The molecular formula is C24H26F2N2O4. The Hall–Kier alpha value is -3.29. The fourth-order valence-electron chi connectivity index (χ4n) is 4.19. The number of rotatable bonds is 9. The molecule has 0 aliphatic carbocycles. The average Bonchev–Trinajstić information content (AvgIpc) is 2.77. The number of benzene rings is 2. The molecule has 0 unspecified atom stereocenters. The van der Waals surface area contributed by atoms with E-state index in [2.05, 4.69) is 0 Å². The highest BCUT2D eigenvalue weighted by Crippen LogP contribution is 2.34. The van der Waals surface area contributed by atoms with Gasteiger partial charge in [0, 0.05) is 24.3 Å². The number of carboxylic acid groups (broad SMARTS) is 1. The molecule has 0 bridgehead atoms. The number of halogens is 2. The van der Waals surface area contributed by atoms with Crippen molar-refractivity contribution in [1.29, 1.82) is 0 Å². The van der Waals surface area contributed by atoms with E-state index in [1.807, 2.05) is 24.0 Å². The van der Waals surface area contributed by atoms with E-state index < -0.39 is 24.4 Å². The smallest absolute Gasteiger partial charge is 0.323 e. The Bertz CT molecular complexity index is 1030. The van der Waals surface area contributed by atoms with Gasteiger partial charge in [-0.1, -0.05) is 18.2 Å². The number of nitrogens with zero attached hydrogens (tertiary/aromatic N) is 2. The maximum absolute atomic E-state index is 14.5. The molecule has 0 saturated carbocycles. The number of aliphatic carboxylic acids is 1. The summed E-state index contributed by atoms with van der Waals surface area (Å²) in [5.74, 6) is -2.29. The van der Waals surface area contributed by atoms with E-state index in [0.29, 0.717) is 18.4 Å². The molecule has 1 aliphatic heterocycles. The molecule has 2 aromatic carbocycles. The van der Waals surface area contributed by atoms with E-state index in [0.717, 1.165) is 35.2 Å². The van der Waals surface area contributed by atoms with Gasteiger partial charge in [0.25, 0.3) is 5.91 Å². The Morgan fingerprint density at radius 2 is 1.97 bits per heavy atom. The molecular weight excluding hydrogens is 418 g/mol. The fraction of sp³-hybridized carbons (Fsp3) is 0.375. The van der Waals surface area contributed by atoms with Crippen molar-refractivity contribution in [3.05, 3.63) is 58.4 Å². The number of aryl methyl sites for hydroxylation is 2. The van der Waals surface area contributed by atoms with Crippen LogP contribution in [0.25, 0.3) is 0 Å². The quantitative estimate of drug-likeness (QED) is 0.598. The van der Waals surface area contributed by atoms with Crippen molar-refractivity contribution in [1.82, 2.24) is 0 Å². The standard InChI is InChI=1S/C24H26F2N2O4/c1-16-19(7-6-18-4-2-10-27(24(16)18)15-23(31)32)14-28(22(30)13-25)20-9-8-17(5-3-11-29)21(26)12-20/h6-9,11-12H,2-5,10,13-15H2,1H3,(H,31,32). The summed E-state index contributed by atoms with van der Waals surface area (Å²) in [6.45, 7) is 1.14. The largest absolute Gasteiger partial charge is 0.480 e. The third-order valence-corrected chi connectivity index (χ3v) is 5.77. The lowest BCUT2D eigenvalue weighted by Gasteiger charge is -2.33. The van der Waals surface area contributed by atoms with Crippen LogP contribution in [0.5, 0.6) is 0 Å². The number of carbonyl (C=O) groups excluding carboxylic acids is 2. The first kappa shape index (κ1) is 23.4. The molecule has 0 fully saturated rings. The van der Waals surface area contributed by atoms with Crippen LogP contribution in [0, 0.1) is 12.7 Å². The zero-order valence-corrected chi connectivity index (χ0v) is 17.9. The molecule has 32 heavy (non-hydrogen) atoms. The second-order valence-corrected chi connectivity index (χ2v) is 7.87. The number of fused-ring (bicyclic) bond motifs is 1. The highest BCUT2D eigenvalue weighted by molar-refractivity contribution is 5.94. The average molecular weight is 444 g/mol. The van der Waals surface area contributed by atoms with Crippen LogP contribution in [0.4, 0.5) is 20.2 Å². The van der Waals surface area contributed by atoms with Gasteiger partial charge in [-0.25, -0.2) is 8.78 Å². The minimum atomic E-state index is -1.23. The number of anilines is 2. The fourth-order valence-corrected chi connectivity index (χ4v) is 4.19. The molecule has 1 aliphatic rings. The van der Waals surface area contributed by atoms with Crippen LogP contribution in [-0.4, -0.2) is 43.0 Å². The van der Waals surface area contributed by atoms with Crippen LogP contribution in [0.1, 0.15) is 35.1 Å². The van der Waals surface area contributed by atoms with Crippen molar-refractivity contribution >= 4 is 29.5 Å². The molecule has 3 rings (SSSR count). The van der Waals surface area contributed by atoms with E-state index in [-0.39, 0.29) is 31.6 Å². The van der Waals surface area contributed by atoms with Crippen LogP contribution >= 0.6 is 0 Å². The van der Waals surface area contributed by atoms with Gasteiger partial charge in [0.15, 0.2) is 6.67 Å². The topological polar surface area (TPSA) is 77.9 Å². The van der Waals surface area contributed by atoms with Crippen molar-refractivity contribution in [3.8, 4) is 0 Å². The summed E-state index contributed by atoms with van der Waals surface area (Å²) in [6, 6.07) is 7.99. The van der Waals surface area contributed by atoms with Crippen LogP contribution in [0.15, 0.2) is 30.3 Å². The number of alkyl halides is 1. The second-order valence-electron chi connectivity index (χ2n) is 7.87. The lowest BCUT2D eigenvalue weighted by molar-refractivity contribution is -0.135. The lowest BCUT2D eigenvalue weighted by atomic mass is 9.94. The summed E-state index contributed by atoms with van der Waals surface area (Å²) < 4.78 is 27.9. The van der Waals surface area contributed by atoms with E-state index in [4.69, 9.17) is 0 Å². The molecule has 170 valence electrons. The van der Waals surface area contributed by atoms with Crippen molar-refractivity contribution in [3.63, 3.8) is 0 Å². The number of amides is 1. The number of aldehydes is 1. The monoisotopic (exact) mass is 444 g/mol. The maximum atomic E-state index is 14.5. The van der Waals surface area contributed by atoms with E-state index in [9.17, 15) is 28.3 Å². The highest BCUT2D eigenvalue weighted by Gasteiger charge is 2.24. The first-order valence-electron chi connectivity index (χ1n) is 10.5. The third-order valence-electron chi connectivity index (χ3n) is 5.77. The van der Waals surface area contributed by atoms with Gasteiger partial charge in [0.2, 0.25) is 0 Å². The number of carboxylic acids is 1. The maximum Gasteiger partial charge on any atom is 0.323 e. The predicted octanol–water partition coefficient (Wildman–Crippen LogP) is 3.61. The first-order chi connectivity index (χ1) is 15.3. The number of hydrogen-bond acceptors (Lipinski definition) is 4. The van der Waals surface area contributed by atoms with Crippen molar-refractivity contribution < 1.29 is 28.3 Å². The summed E-state index contributed by atoms with van der Waals surface area (Å²) in [6.07, 6.45) is 2.81. The van der Waals surface area contributed by atoms with E-state index >= 15 is 0 Å². The van der Waals surface area contributed by atoms with Gasteiger partial charge in [0.1, 0.15) is 18.6 Å². The normalized spacial score (nSPS) is 12.9. The summed E-state index contributed by atoms with van der Waals surface area (Å²) in [5.41, 5.74) is 3.99. The third kappa shape index (κ3) is 5.12. The summed E-state index contributed by atoms with van der Waals surface area (Å²) >= 11 is 0. The SMILES string of the molecule is Cc1c(CN(C(=O)CF)c2ccc(CCC=O)c(F)c2)ccc2c1N(CC(=O)O)CCC2. The second kappa shape index (κ2) is 10.3. The van der Waals surface area contributed by atoms with Crippen molar-refractivity contribution in [2.24, 2.45) is 0 Å². The molecule has 0 atom stereocenters. The molecule has 6 nitrogen and oxygen atoms in total. The van der Waals surface area contributed by atoms with E-state index in [1.54, 1.807) is 6.07 Å². The van der Waals surface area contributed by atoms with Gasteiger partial charge in [0.05, 0.1) is 6.54 Å². The van der Waals surface area contributed by atoms with Gasteiger partial charge in [-0.2, -0.15) is 0 Å². The van der Waals surface area contributed by atoms with Crippen molar-refractivity contribution in [2.45, 2.75) is 39.2 Å². The number of carbonyl (C=O) groups is 3. The Kier molecular flexibility index (Phi) is 7.56. The zero-order valence-electron chi connectivity index (χ0n) is 17.9. The Morgan fingerprint density at radius 3 is 2.62 bits per heavy atom. The molecule has 0 saturated heterocycles. The Balaban J connectivity index is 1.95. The zero-order chi connectivity index (χ0) is 23.3. The highest BCUT2D eigenvalue weighted by atomic mass is 19.1. The Morgan fingerprint density at radius 1 is 1.22 bits per heavy atom. The number of hydrogen-bond donors (Lipinski definition) is 1. The van der Waals surface area contributed by atoms with Crippen LogP contribution in [0.2, 0.25) is 0 Å². The molecule has 1 N–H and O–H groups in total. The van der Waals surface area contributed by atoms with Crippen molar-refractivity contribution in [2.75, 3.05) is 29.6 Å². The summed E-state index contributed by atoms with van der Waals surface area (Å²) in [7, 11) is 0. The molecule has 1 heterocycles. The predicted molar refractivity (Wildman–Crippen MR) is 117 cm³/mol. The minimum absolute atomic E-state index is 0.0237. The van der Waals surface area contributed by atoms with Gasteiger partial charge >= 0.3 is 5.97 Å². The van der Waals surface area contributed by atoms with Gasteiger partial charge in [-0.15, -0.1) is 0 Å². The first-order valence-corrected chi connectivity index (χ1v) is 10.5. The molecule has 8 heteroatoms. The molecule has 0 radical (unpaired) electrons. The minimum Gasteiger partial charge on any atom is -0.480 e. The molecule has 0 spiro atoms. The summed E-state index contributed by atoms with van der Waals surface area (Å²) in [5, 5.41) is 9.26.